The summed E-state index contributed by atoms with van der Waals surface area (Å²) in [5.74, 6) is 1.39. The van der Waals surface area contributed by atoms with Crippen molar-refractivity contribution >= 4 is 17.6 Å². The Morgan fingerprint density at radius 1 is 0.860 bits per heavy atom. The van der Waals surface area contributed by atoms with E-state index >= 15 is 0 Å². The number of anilines is 1. The van der Waals surface area contributed by atoms with Gasteiger partial charge in [0.2, 0.25) is 12.0 Å². The fourth-order valence-corrected chi connectivity index (χ4v) is 7.03. The molecule has 2 amide bonds. The van der Waals surface area contributed by atoms with E-state index in [4.69, 9.17) is 9.47 Å². The molecule has 3 aliphatic heterocycles. The number of hydrogen-bond acceptors (Lipinski definition) is 6. The fourth-order valence-electron chi connectivity index (χ4n) is 7.03. The number of ether oxygens (including phenoxy) is 2. The third-order valence-electron chi connectivity index (χ3n) is 9.45. The molecule has 0 bridgehead atoms. The summed E-state index contributed by atoms with van der Waals surface area (Å²) < 4.78 is 51.3. The Labute approximate surface area is 250 Å². The van der Waals surface area contributed by atoms with Crippen LogP contribution >= 0.6 is 0 Å². The molecule has 8 nitrogen and oxygen atoms in total. The molecule has 232 valence electrons. The number of alkyl halides is 3. The summed E-state index contributed by atoms with van der Waals surface area (Å²) in [5, 5.41) is 0. The van der Waals surface area contributed by atoms with Crippen LogP contribution in [0.15, 0.2) is 42.6 Å². The number of nitrogens with zero attached hydrogens (tertiary/aromatic N) is 4. The maximum absolute atomic E-state index is 13.8. The molecule has 1 atom stereocenters. The van der Waals surface area contributed by atoms with Crippen LogP contribution in [0.5, 0.6) is 11.5 Å². The van der Waals surface area contributed by atoms with Crippen LogP contribution in [-0.2, 0) is 15.8 Å². The number of pyridine rings is 1. The minimum atomic E-state index is -4.47. The molecule has 1 aromatic carbocycles. The Kier molecular flexibility index (Phi) is 8.79. The van der Waals surface area contributed by atoms with Gasteiger partial charge >= 0.3 is 6.18 Å². The van der Waals surface area contributed by atoms with Crippen molar-refractivity contribution in [2.24, 2.45) is 5.92 Å². The van der Waals surface area contributed by atoms with Crippen molar-refractivity contribution in [3.05, 3.63) is 48.2 Å². The average Bonchev–Trinajstić information content (AvgIpc) is 3.05. The fraction of sp³-hybridized carbons (Fsp3) is 0.594. The lowest BCUT2D eigenvalue weighted by atomic mass is 9.87. The Bertz CT molecular complexity index is 1270. The molecule has 1 aliphatic carbocycles. The molecule has 4 heterocycles. The Balaban J connectivity index is 1.05. The van der Waals surface area contributed by atoms with Crippen molar-refractivity contribution in [2.75, 3.05) is 37.7 Å². The number of halogens is 3. The van der Waals surface area contributed by atoms with Crippen molar-refractivity contribution in [2.45, 2.75) is 82.2 Å². The number of piperidine rings is 2. The number of hydrogen-bond donors (Lipinski definition) is 0. The number of fused-ring (bicyclic) bond motifs is 1. The van der Waals surface area contributed by atoms with E-state index in [-0.39, 0.29) is 30.4 Å². The number of likely N-dealkylation sites (tertiary alicyclic amines) is 2. The van der Waals surface area contributed by atoms with Crippen LogP contribution in [0.25, 0.3) is 0 Å². The Morgan fingerprint density at radius 3 is 2.21 bits per heavy atom. The van der Waals surface area contributed by atoms with Gasteiger partial charge in [-0.1, -0.05) is 31.4 Å². The summed E-state index contributed by atoms with van der Waals surface area (Å²) in [6.07, 6.45) is 3.62. The van der Waals surface area contributed by atoms with Gasteiger partial charge in [-0.15, -0.1) is 0 Å². The standard InChI is InChI=1S/C32H39F3N4O4/c33-32(34,35)23-10-11-29(36-20-23)39(30(40)22-6-2-1-3-7-22)25-14-16-37(17-15-25)24-12-18-38(19-13-24)31(41)28-21-42-26-8-4-5-9-27(26)43-28/h4-5,8-11,20,22,24-25,28H,1-3,6-7,12-19,21H2/t28-/m1/s1. The third kappa shape index (κ3) is 6.61. The van der Waals surface area contributed by atoms with Gasteiger partial charge in [0.15, 0.2) is 11.5 Å². The second-order valence-corrected chi connectivity index (χ2v) is 12.1. The number of aromatic nitrogens is 1. The molecule has 0 spiro atoms. The summed E-state index contributed by atoms with van der Waals surface area (Å²) in [6.45, 7) is 3.07. The zero-order valence-corrected chi connectivity index (χ0v) is 24.3. The topological polar surface area (TPSA) is 75.2 Å². The summed E-state index contributed by atoms with van der Waals surface area (Å²) in [5.41, 5.74) is -0.812. The molecule has 0 radical (unpaired) electrons. The first-order valence-electron chi connectivity index (χ1n) is 15.6. The number of benzene rings is 1. The summed E-state index contributed by atoms with van der Waals surface area (Å²) in [7, 11) is 0. The van der Waals surface area contributed by atoms with Gasteiger partial charge in [0.25, 0.3) is 5.91 Å². The van der Waals surface area contributed by atoms with Crippen molar-refractivity contribution in [3.63, 3.8) is 0 Å². The predicted octanol–water partition coefficient (Wildman–Crippen LogP) is 5.31. The summed E-state index contributed by atoms with van der Waals surface area (Å²) in [4.78, 5) is 37.1. The number of rotatable bonds is 5. The number of carbonyl (C=O) groups excluding carboxylic acids is 2. The largest absolute Gasteiger partial charge is 0.485 e. The Hall–Kier alpha value is -3.34. The SMILES string of the molecule is O=C([C@H]1COc2ccccc2O1)N1CCC(N2CCC(N(C(=O)C3CCCCC3)c3ccc(C(F)(F)F)cn3)CC2)CC1. The van der Waals surface area contributed by atoms with Gasteiger partial charge in [0.05, 0.1) is 5.56 Å². The van der Waals surface area contributed by atoms with E-state index in [1.165, 1.54) is 6.07 Å². The van der Waals surface area contributed by atoms with Crippen LogP contribution < -0.4 is 14.4 Å². The quantitative estimate of drug-likeness (QED) is 0.463. The van der Waals surface area contributed by atoms with Gasteiger partial charge in [-0.3, -0.25) is 14.5 Å². The molecular formula is C32H39F3N4O4. The zero-order valence-electron chi connectivity index (χ0n) is 24.3. The monoisotopic (exact) mass is 600 g/mol. The lowest BCUT2D eigenvalue weighted by Gasteiger charge is -2.44. The highest BCUT2D eigenvalue weighted by Gasteiger charge is 2.38. The number of para-hydroxylation sites is 2. The van der Waals surface area contributed by atoms with E-state index in [1.807, 2.05) is 29.2 Å². The highest BCUT2D eigenvalue weighted by atomic mass is 19.4. The molecule has 0 N–H and O–H groups in total. The highest BCUT2D eigenvalue weighted by Crippen LogP contribution is 2.35. The van der Waals surface area contributed by atoms with E-state index in [9.17, 15) is 22.8 Å². The maximum Gasteiger partial charge on any atom is 0.417 e. The first kappa shape index (κ1) is 29.7. The molecule has 11 heteroatoms. The molecule has 0 unspecified atom stereocenters. The first-order valence-corrected chi connectivity index (χ1v) is 15.6. The molecule has 4 aliphatic rings. The van der Waals surface area contributed by atoms with Gasteiger partial charge in [-0.2, -0.15) is 13.2 Å². The molecule has 3 fully saturated rings. The summed E-state index contributed by atoms with van der Waals surface area (Å²) >= 11 is 0. The van der Waals surface area contributed by atoms with Crippen molar-refractivity contribution < 1.29 is 32.2 Å². The minimum Gasteiger partial charge on any atom is -0.485 e. The molecule has 2 saturated heterocycles. The second-order valence-electron chi connectivity index (χ2n) is 12.1. The van der Waals surface area contributed by atoms with Crippen LogP contribution in [0.4, 0.5) is 19.0 Å². The molecule has 6 rings (SSSR count). The maximum atomic E-state index is 13.8. The van der Waals surface area contributed by atoms with E-state index in [1.54, 1.807) is 4.90 Å². The van der Waals surface area contributed by atoms with Crippen molar-refractivity contribution in [1.82, 2.24) is 14.8 Å². The van der Waals surface area contributed by atoms with Gasteiger partial charge in [0.1, 0.15) is 12.4 Å². The molecule has 1 saturated carbocycles. The molecular weight excluding hydrogens is 561 g/mol. The smallest absolute Gasteiger partial charge is 0.417 e. The van der Waals surface area contributed by atoms with Crippen LogP contribution in [0.3, 0.4) is 0 Å². The third-order valence-corrected chi connectivity index (χ3v) is 9.45. The zero-order chi connectivity index (χ0) is 30.0. The van der Waals surface area contributed by atoms with E-state index < -0.39 is 17.8 Å². The molecule has 1 aromatic heterocycles. The average molecular weight is 601 g/mol. The number of carbonyl (C=O) groups is 2. The lowest BCUT2D eigenvalue weighted by molar-refractivity contribution is -0.143. The first-order chi connectivity index (χ1) is 20.8. The van der Waals surface area contributed by atoms with E-state index in [2.05, 4.69) is 9.88 Å². The van der Waals surface area contributed by atoms with Gasteiger partial charge in [0, 0.05) is 50.4 Å². The van der Waals surface area contributed by atoms with Gasteiger partial charge < -0.3 is 19.3 Å². The molecule has 43 heavy (non-hydrogen) atoms. The van der Waals surface area contributed by atoms with Crippen LogP contribution in [0.2, 0.25) is 0 Å². The normalized spacial score (nSPS) is 22.8. The molecule has 2 aromatic rings. The number of amides is 2. The Morgan fingerprint density at radius 2 is 1.56 bits per heavy atom. The highest BCUT2D eigenvalue weighted by molar-refractivity contribution is 5.94. The summed E-state index contributed by atoms with van der Waals surface area (Å²) in [6, 6.07) is 9.96. The van der Waals surface area contributed by atoms with Gasteiger partial charge in [-0.25, -0.2) is 4.98 Å². The second kappa shape index (κ2) is 12.7. The van der Waals surface area contributed by atoms with Gasteiger partial charge in [-0.05, 0) is 62.8 Å². The van der Waals surface area contributed by atoms with Crippen LogP contribution in [0, 0.1) is 5.92 Å². The minimum absolute atomic E-state index is 0.00577. The van der Waals surface area contributed by atoms with Crippen molar-refractivity contribution in [1.29, 1.82) is 0 Å². The van der Waals surface area contributed by atoms with Crippen LogP contribution in [-0.4, -0.2) is 77.6 Å². The van der Waals surface area contributed by atoms with Crippen molar-refractivity contribution in [3.8, 4) is 11.5 Å². The lowest BCUT2D eigenvalue weighted by Crippen LogP contribution is -2.55. The van der Waals surface area contributed by atoms with E-state index in [0.29, 0.717) is 36.4 Å². The van der Waals surface area contributed by atoms with Crippen LogP contribution in [0.1, 0.15) is 63.4 Å². The predicted molar refractivity (Wildman–Crippen MR) is 154 cm³/mol. The van der Waals surface area contributed by atoms with E-state index in [0.717, 1.165) is 83.1 Å².